The van der Waals surface area contributed by atoms with Gasteiger partial charge in [0.2, 0.25) is 5.91 Å². The van der Waals surface area contributed by atoms with E-state index in [4.69, 9.17) is 21.1 Å². The molecule has 1 N–H and O–H groups in total. The maximum absolute atomic E-state index is 12.3. The molecular weight excluding hydrogens is 386 g/mol. The lowest BCUT2D eigenvalue weighted by atomic mass is 10.1. The smallest absolute Gasteiger partial charge is 0.311 e. The first-order chi connectivity index (χ1) is 13.3. The van der Waals surface area contributed by atoms with Crippen molar-refractivity contribution in [2.75, 3.05) is 39.2 Å². The first-order valence-corrected chi connectivity index (χ1v) is 8.87. The number of anilines is 1. The third-order valence-corrected chi connectivity index (χ3v) is 4.22. The van der Waals surface area contributed by atoms with Gasteiger partial charge in [0, 0.05) is 29.4 Å². The summed E-state index contributed by atoms with van der Waals surface area (Å²) < 4.78 is 10.6. The largest absolute Gasteiger partial charge is 0.492 e. The van der Waals surface area contributed by atoms with Crippen LogP contribution in [-0.4, -0.2) is 49.6 Å². The van der Waals surface area contributed by atoms with Crippen LogP contribution in [0.1, 0.15) is 5.56 Å². The lowest BCUT2D eigenvalue weighted by molar-refractivity contribution is -0.385. The van der Waals surface area contributed by atoms with E-state index in [2.05, 4.69) is 5.32 Å². The van der Waals surface area contributed by atoms with Crippen LogP contribution in [0.2, 0.25) is 5.02 Å². The van der Waals surface area contributed by atoms with Crippen LogP contribution in [0.4, 0.5) is 11.4 Å². The van der Waals surface area contributed by atoms with Crippen molar-refractivity contribution < 1.29 is 19.2 Å². The summed E-state index contributed by atoms with van der Waals surface area (Å²) in [5, 5.41) is 14.4. The molecule has 0 saturated carbocycles. The SMILES string of the molecule is COc1cc(NC(=O)CN(C)CCOc2ccc(Cl)cc2)c(C)cc1[N+](=O)[O-]. The van der Waals surface area contributed by atoms with E-state index >= 15 is 0 Å². The Bertz CT molecular complexity index is 842. The number of methoxy groups -OCH3 is 1. The topological polar surface area (TPSA) is 93.9 Å². The molecule has 0 aromatic heterocycles. The van der Waals surface area contributed by atoms with Gasteiger partial charge in [-0.1, -0.05) is 11.6 Å². The number of likely N-dealkylation sites (N-methyl/N-ethyl adjacent to an activating group) is 1. The minimum absolute atomic E-state index is 0.0932. The molecule has 0 spiro atoms. The minimum atomic E-state index is -0.522. The molecule has 0 radical (unpaired) electrons. The molecule has 0 atom stereocenters. The van der Waals surface area contributed by atoms with Crippen molar-refractivity contribution >= 4 is 28.9 Å². The summed E-state index contributed by atoms with van der Waals surface area (Å²) in [5.74, 6) is 0.555. The van der Waals surface area contributed by atoms with Gasteiger partial charge in [0.05, 0.1) is 18.6 Å². The first kappa shape index (κ1) is 21.5. The van der Waals surface area contributed by atoms with Crippen molar-refractivity contribution in [3.8, 4) is 11.5 Å². The van der Waals surface area contributed by atoms with E-state index in [-0.39, 0.29) is 23.9 Å². The van der Waals surface area contributed by atoms with Crippen molar-refractivity contribution in [3.63, 3.8) is 0 Å². The minimum Gasteiger partial charge on any atom is -0.492 e. The fourth-order valence-electron chi connectivity index (χ4n) is 2.48. The number of carbonyl (C=O) groups excluding carboxylic acids is 1. The van der Waals surface area contributed by atoms with Crippen LogP contribution in [0.5, 0.6) is 11.5 Å². The van der Waals surface area contributed by atoms with Crippen molar-refractivity contribution in [2.24, 2.45) is 0 Å². The molecule has 0 aliphatic rings. The van der Waals surface area contributed by atoms with Crippen LogP contribution < -0.4 is 14.8 Å². The Labute approximate surface area is 168 Å². The van der Waals surface area contributed by atoms with Crippen LogP contribution in [-0.2, 0) is 4.79 Å². The zero-order valence-electron chi connectivity index (χ0n) is 15.9. The van der Waals surface area contributed by atoms with Crippen molar-refractivity contribution in [1.29, 1.82) is 0 Å². The van der Waals surface area contributed by atoms with Crippen molar-refractivity contribution in [3.05, 3.63) is 57.1 Å². The molecule has 0 bridgehead atoms. The molecule has 2 aromatic carbocycles. The maximum atomic E-state index is 12.3. The number of benzene rings is 2. The molecule has 0 unspecified atom stereocenters. The van der Waals surface area contributed by atoms with Gasteiger partial charge in [-0.3, -0.25) is 19.8 Å². The van der Waals surface area contributed by atoms with Gasteiger partial charge in [0.25, 0.3) is 0 Å². The summed E-state index contributed by atoms with van der Waals surface area (Å²) in [6.45, 7) is 2.78. The monoisotopic (exact) mass is 407 g/mol. The fraction of sp³-hybridized carbons (Fsp3) is 0.316. The van der Waals surface area contributed by atoms with Gasteiger partial charge in [-0.25, -0.2) is 0 Å². The molecule has 0 saturated heterocycles. The second kappa shape index (κ2) is 9.91. The number of amides is 1. The Kier molecular flexibility index (Phi) is 7.60. The third-order valence-electron chi connectivity index (χ3n) is 3.97. The van der Waals surface area contributed by atoms with Gasteiger partial charge in [0.15, 0.2) is 5.75 Å². The summed E-state index contributed by atoms with van der Waals surface area (Å²) in [6.07, 6.45) is 0. The van der Waals surface area contributed by atoms with E-state index in [1.807, 2.05) is 4.90 Å². The van der Waals surface area contributed by atoms with Crippen LogP contribution >= 0.6 is 11.6 Å². The highest BCUT2D eigenvalue weighted by Gasteiger charge is 2.18. The van der Waals surface area contributed by atoms with Crippen molar-refractivity contribution in [2.45, 2.75) is 6.92 Å². The summed E-state index contributed by atoms with van der Waals surface area (Å²) in [7, 11) is 3.14. The van der Waals surface area contributed by atoms with Gasteiger partial charge < -0.3 is 14.8 Å². The number of nitrogens with one attached hydrogen (secondary N) is 1. The molecule has 1 amide bonds. The molecule has 2 rings (SSSR count). The number of nitro groups is 1. The van der Waals surface area contributed by atoms with Gasteiger partial charge in [-0.2, -0.15) is 0 Å². The lowest BCUT2D eigenvalue weighted by Gasteiger charge is -2.17. The molecular formula is C19H22ClN3O5. The molecule has 0 fully saturated rings. The predicted octanol–water partition coefficient (Wildman–Crippen LogP) is 3.51. The number of rotatable bonds is 9. The number of nitro benzene ring substituents is 1. The van der Waals surface area contributed by atoms with E-state index < -0.39 is 4.92 Å². The van der Waals surface area contributed by atoms with Gasteiger partial charge in [-0.15, -0.1) is 0 Å². The first-order valence-electron chi connectivity index (χ1n) is 8.50. The molecule has 0 aliphatic carbocycles. The lowest BCUT2D eigenvalue weighted by Crippen LogP contribution is -2.33. The Morgan fingerprint density at radius 3 is 2.57 bits per heavy atom. The van der Waals surface area contributed by atoms with Crippen LogP contribution in [0, 0.1) is 17.0 Å². The Balaban J connectivity index is 1.87. The molecule has 28 heavy (non-hydrogen) atoms. The molecule has 8 nitrogen and oxygen atoms in total. The van der Waals surface area contributed by atoms with Gasteiger partial charge in [0.1, 0.15) is 12.4 Å². The number of nitrogens with zero attached hydrogens (tertiary/aromatic N) is 2. The number of ether oxygens (including phenoxy) is 2. The number of halogens is 1. The Morgan fingerprint density at radius 2 is 1.96 bits per heavy atom. The molecule has 0 heterocycles. The molecule has 2 aromatic rings. The zero-order chi connectivity index (χ0) is 20.7. The average molecular weight is 408 g/mol. The predicted molar refractivity (Wildman–Crippen MR) is 107 cm³/mol. The Morgan fingerprint density at radius 1 is 1.29 bits per heavy atom. The molecule has 150 valence electrons. The van der Waals surface area contributed by atoms with Crippen LogP contribution in [0.25, 0.3) is 0 Å². The van der Waals surface area contributed by atoms with E-state index in [0.29, 0.717) is 35.2 Å². The average Bonchev–Trinajstić information content (AvgIpc) is 2.64. The van der Waals surface area contributed by atoms with Crippen LogP contribution in [0.3, 0.4) is 0 Å². The number of hydrogen-bond donors (Lipinski definition) is 1. The van der Waals surface area contributed by atoms with Crippen molar-refractivity contribution in [1.82, 2.24) is 4.90 Å². The molecule has 0 aliphatic heterocycles. The zero-order valence-corrected chi connectivity index (χ0v) is 16.7. The summed E-state index contributed by atoms with van der Waals surface area (Å²) in [6, 6.07) is 9.87. The van der Waals surface area contributed by atoms with Crippen LogP contribution in [0.15, 0.2) is 36.4 Å². The quantitative estimate of drug-likeness (QED) is 0.505. The number of hydrogen-bond acceptors (Lipinski definition) is 6. The standard InChI is InChI=1S/C19H22ClN3O5/c1-13-10-17(23(25)26)18(27-3)11-16(13)21-19(24)12-22(2)8-9-28-15-6-4-14(20)5-7-15/h4-7,10-11H,8-9,12H2,1-3H3,(H,21,24). The van der Waals surface area contributed by atoms with Gasteiger partial charge in [-0.05, 0) is 43.8 Å². The van der Waals surface area contributed by atoms with E-state index in [9.17, 15) is 14.9 Å². The van der Waals surface area contributed by atoms with E-state index in [0.717, 1.165) is 0 Å². The fourth-order valence-corrected chi connectivity index (χ4v) is 2.60. The maximum Gasteiger partial charge on any atom is 0.311 e. The number of carbonyl (C=O) groups is 1. The van der Waals surface area contributed by atoms with E-state index in [1.54, 1.807) is 38.2 Å². The Hall–Kier alpha value is -2.84. The summed E-state index contributed by atoms with van der Waals surface area (Å²) in [4.78, 5) is 24.6. The summed E-state index contributed by atoms with van der Waals surface area (Å²) in [5.41, 5.74) is 0.905. The number of aryl methyl sites for hydroxylation is 1. The third kappa shape index (κ3) is 6.11. The molecule has 9 heteroatoms. The highest BCUT2D eigenvalue weighted by molar-refractivity contribution is 6.30. The van der Waals surface area contributed by atoms with Gasteiger partial charge >= 0.3 is 5.69 Å². The normalized spacial score (nSPS) is 10.6. The second-order valence-corrected chi connectivity index (χ2v) is 6.62. The van der Waals surface area contributed by atoms with E-state index in [1.165, 1.54) is 19.2 Å². The summed E-state index contributed by atoms with van der Waals surface area (Å²) >= 11 is 5.82. The highest BCUT2D eigenvalue weighted by atomic mass is 35.5. The highest BCUT2D eigenvalue weighted by Crippen LogP contribution is 2.32. The second-order valence-electron chi connectivity index (χ2n) is 6.18.